The van der Waals surface area contributed by atoms with Crippen LogP contribution in [0.3, 0.4) is 0 Å². The molecule has 0 bridgehead atoms. The summed E-state index contributed by atoms with van der Waals surface area (Å²) in [7, 11) is 0. The number of ether oxygens (including phenoxy) is 1. The molecule has 0 spiro atoms. The minimum absolute atomic E-state index is 0.385. The Bertz CT molecular complexity index is 131. The molecule has 2 atom stereocenters. The van der Waals surface area contributed by atoms with Crippen molar-refractivity contribution >= 4 is 0 Å². The van der Waals surface area contributed by atoms with Gasteiger partial charge in [-0.2, -0.15) is 0 Å². The second-order valence-electron chi connectivity index (χ2n) is 3.58. The second-order valence-corrected chi connectivity index (χ2v) is 3.58. The summed E-state index contributed by atoms with van der Waals surface area (Å²) in [4.78, 5) is 0. The first-order chi connectivity index (χ1) is 5.88. The quantitative estimate of drug-likeness (QED) is 0.323. The van der Waals surface area contributed by atoms with Crippen molar-refractivity contribution in [1.82, 2.24) is 0 Å². The summed E-state index contributed by atoms with van der Waals surface area (Å²) in [5.74, 6) is 0. The van der Waals surface area contributed by atoms with E-state index in [2.05, 4.69) is 13.5 Å². The SMILES string of the molecule is C=C[C@@H]1O[C@H]1CCCCCCC. The Hall–Kier alpha value is -0.300. The molecule has 0 N–H and O–H groups in total. The zero-order chi connectivity index (χ0) is 8.81. The minimum atomic E-state index is 0.385. The summed E-state index contributed by atoms with van der Waals surface area (Å²) < 4.78 is 5.35. The van der Waals surface area contributed by atoms with Crippen LogP contribution >= 0.6 is 0 Å². The molecule has 1 aliphatic rings. The highest BCUT2D eigenvalue weighted by Gasteiger charge is 2.34. The van der Waals surface area contributed by atoms with Crippen molar-refractivity contribution in [2.75, 3.05) is 0 Å². The lowest BCUT2D eigenvalue weighted by atomic mass is 10.1. The maximum Gasteiger partial charge on any atom is 0.102 e. The fourth-order valence-electron chi connectivity index (χ4n) is 1.55. The number of rotatable bonds is 7. The average molecular weight is 168 g/mol. The maximum absolute atomic E-state index is 5.35. The Kier molecular flexibility index (Phi) is 4.37. The van der Waals surface area contributed by atoms with Gasteiger partial charge in [-0.15, -0.1) is 6.58 Å². The van der Waals surface area contributed by atoms with Gasteiger partial charge in [-0.05, 0) is 6.42 Å². The lowest BCUT2D eigenvalue weighted by molar-refractivity contribution is 0.372. The summed E-state index contributed by atoms with van der Waals surface area (Å²) >= 11 is 0. The lowest BCUT2D eigenvalue weighted by Crippen LogP contribution is -1.90. The van der Waals surface area contributed by atoms with Crippen molar-refractivity contribution in [3.05, 3.63) is 12.7 Å². The van der Waals surface area contributed by atoms with Gasteiger partial charge in [-0.25, -0.2) is 0 Å². The highest BCUT2D eigenvalue weighted by molar-refractivity contribution is 4.97. The van der Waals surface area contributed by atoms with E-state index in [-0.39, 0.29) is 0 Å². The van der Waals surface area contributed by atoms with Gasteiger partial charge in [0.2, 0.25) is 0 Å². The number of hydrogen-bond donors (Lipinski definition) is 0. The first kappa shape index (κ1) is 9.79. The van der Waals surface area contributed by atoms with Gasteiger partial charge in [-0.1, -0.05) is 45.1 Å². The van der Waals surface area contributed by atoms with Gasteiger partial charge >= 0.3 is 0 Å². The fraction of sp³-hybridized carbons (Fsp3) is 0.818. The van der Waals surface area contributed by atoms with Crippen LogP contribution in [0.25, 0.3) is 0 Å². The van der Waals surface area contributed by atoms with Crippen molar-refractivity contribution in [1.29, 1.82) is 0 Å². The summed E-state index contributed by atoms with van der Waals surface area (Å²) in [6, 6.07) is 0. The Morgan fingerprint density at radius 3 is 2.58 bits per heavy atom. The third-order valence-electron chi connectivity index (χ3n) is 2.45. The third kappa shape index (κ3) is 3.40. The third-order valence-corrected chi connectivity index (χ3v) is 2.45. The molecule has 0 aromatic rings. The Morgan fingerprint density at radius 2 is 2.00 bits per heavy atom. The molecule has 0 radical (unpaired) electrons. The zero-order valence-corrected chi connectivity index (χ0v) is 8.09. The molecule has 1 aliphatic heterocycles. The molecule has 0 saturated carbocycles. The Balaban J connectivity index is 1.81. The van der Waals surface area contributed by atoms with E-state index in [0.29, 0.717) is 12.2 Å². The molecule has 0 aromatic carbocycles. The van der Waals surface area contributed by atoms with Gasteiger partial charge in [-0.3, -0.25) is 0 Å². The molecular formula is C11H20O. The molecule has 70 valence electrons. The van der Waals surface area contributed by atoms with E-state index in [0.717, 1.165) is 0 Å². The minimum Gasteiger partial charge on any atom is -0.365 e. The van der Waals surface area contributed by atoms with E-state index in [1.165, 1.54) is 38.5 Å². The molecule has 1 heterocycles. The van der Waals surface area contributed by atoms with Crippen LogP contribution in [0.1, 0.15) is 45.4 Å². The molecule has 0 unspecified atom stereocenters. The first-order valence-corrected chi connectivity index (χ1v) is 5.16. The van der Waals surface area contributed by atoms with Gasteiger partial charge in [0.05, 0.1) is 6.10 Å². The molecule has 1 heteroatoms. The Labute approximate surface area is 75.8 Å². The van der Waals surface area contributed by atoms with E-state index in [4.69, 9.17) is 4.74 Å². The standard InChI is InChI=1S/C11H20O/c1-3-5-6-7-8-9-11-10(4-2)12-11/h4,10-11H,2-3,5-9H2,1H3/t10-,11-/m0/s1. The van der Waals surface area contributed by atoms with Crippen LogP contribution in [-0.2, 0) is 4.74 Å². The topological polar surface area (TPSA) is 12.5 Å². The number of hydrogen-bond acceptors (Lipinski definition) is 1. The summed E-state index contributed by atoms with van der Waals surface area (Å²) in [6.07, 6.45) is 10.9. The molecular weight excluding hydrogens is 148 g/mol. The summed E-state index contributed by atoms with van der Waals surface area (Å²) in [6.45, 7) is 5.95. The van der Waals surface area contributed by atoms with Crippen LogP contribution in [0.2, 0.25) is 0 Å². The summed E-state index contributed by atoms with van der Waals surface area (Å²) in [5, 5.41) is 0. The van der Waals surface area contributed by atoms with Gasteiger partial charge in [0.25, 0.3) is 0 Å². The first-order valence-electron chi connectivity index (χ1n) is 5.16. The van der Waals surface area contributed by atoms with E-state index in [1.54, 1.807) is 0 Å². The second kappa shape index (κ2) is 5.36. The van der Waals surface area contributed by atoms with E-state index in [1.807, 2.05) is 6.08 Å². The largest absolute Gasteiger partial charge is 0.365 e. The number of unbranched alkanes of at least 4 members (excludes halogenated alkanes) is 4. The van der Waals surface area contributed by atoms with Crippen LogP contribution in [0, 0.1) is 0 Å². The van der Waals surface area contributed by atoms with Crippen molar-refractivity contribution < 1.29 is 4.74 Å². The van der Waals surface area contributed by atoms with Crippen molar-refractivity contribution in [3.8, 4) is 0 Å². The monoisotopic (exact) mass is 168 g/mol. The molecule has 12 heavy (non-hydrogen) atoms. The van der Waals surface area contributed by atoms with Gasteiger partial charge in [0.1, 0.15) is 6.10 Å². The lowest BCUT2D eigenvalue weighted by Gasteiger charge is -1.96. The van der Waals surface area contributed by atoms with Gasteiger partial charge < -0.3 is 4.74 Å². The predicted octanol–water partition coefficient (Wildman–Crippen LogP) is 3.30. The highest BCUT2D eigenvalue weighted by atomic mass is 16.6. The van der Waals surface area contributed by atoms with Crippen molar-refractivity contribution in [2.45, 2.75) is 57.7 Å². The van der Waals surface area contributed by atoms with Crippen LogP contribution in [0.5, 0.6) is 0 Å². The van der Waals surface area contributed by atoms with Crippen LogP contribution in [0.4, 0.5) is 0 Å². The van der Waals surface area contributed by atoms with Crippen LogP contribution in [0.15, 0.2) is 12.7 Å². The zero-order valence-electron chi connectivity index (χ0n) is 8.09. The van der Waals surface area contributed by atoms with Gasteiger partial charge in [0, 0.05) is 0 Å². The predicted molar refractivity (Wildman–Crippen MR) is 52.2 cm³/mol. The van der Waals surface area contributed by atoms with E-state index < -0.39 is 0 Å². The Morgan fingerprint density at radius 1 is 1.25 bits per heavy atom. The van der Waals surface area contributed by atoms with E-state index in [9.17, 15) is 0 Å². The molecule has 0 aromatic heterocycles. The molecule has 1 nitrogen and oxygen atoms in total. The molecule has 1 saturated heterocycles. The highest BCUT2D eigenvalue weighted by Crippen LogP contribution is 2.27. The molecule has 0 aliphatic carbocycles. The van der Waals surface area contributed by atoms with Crippen molar-refractivity contribution in [2.24, 2.45) is 0 Å². The van der Waals surface area contributed by atoms with Crippen LogP contribution in [-0.4, -0.2) is 12.2 Å². The average Bonchev–Trinajstić information content (AvgIpc) is 2.83. The molecule has 1 fully saturated rings. The van der Waals surface area contributed by atoms with Crippen LogP contribution < -0.4 is 0 Å². The maximum atomic E-state index is 5.35. The fourth-order valence-corrected chi connectivity index (χ4v) is 1.55. The summed E-state index contributed by atoms with van der Waals surface area (Å²) in [5.41, 5.74) is 0. The normalized spacial score (nSPS) is 27.1. The smallest absolute Gasteiger partial charge is 0.102 e. The molecule has 0 amide bonds. The van der Waals surface area contributed by atoms with Crippen molar-refractivity contribution in [3.63, 3.8) is 0 Å². The van der Waals surface area contributed by atoms with E-state index >= 15 is 0 Å². The molecule has 1 rings (SSSR count). The van der Waals surface area contributed by atoms with Gasteiger partial charge in [0.15, 0.2) is 0 Å². The number of epoxide rings is 1.